The largest absolute Gasteiger partial charge is 0.478 e. The van der Waals surface area contributed by atoms with Crippen LogP contribution in [-0.2, 0) is 17.6 Å². The summed E-state index contributed by atoms with van der Waals surface area (Å²) in [6.07, 6.45) is 2.79. The van der Waals surface area contributed by atoms with E-state index in [1.807, 2.05) is 36.4 Å². The lowest BCUT2D eigenvalue weighted by atomic mass is 9.88. The second kappa shape index (κ2) is 12.4. The number of thiophene rings is 1. The van der Waals surface area contributed by atoms with E-state index in [4.69, 9.17) is 0 Å². The van der Waals surface area contributed by atoms with Gasteiger partial charge in [0, 0.05) is 15.5 Å². The number of amides is 2. The molecule has 0 saturated heterocycles. The third-order valence-electron chi connectivity index (χ3n) is 6.95. The lowest BCUT2D eigenvalue weighted by Gasteiger charge is -2.17. The molecule has 1 heterocycles. The summed E-state index contributed by atoms with van der Waals surface area (Å²) in [4.78, 5) is 40.1. The van der Waals surface area contributed by atoms with Crippen LogP contribution in [0.2, 0.25) is 0 Å². The van der Waals surface area contributed by atoms with E-state index in [0.717, 1.165) is 35.3 Å². The number of carbonyl (C=O) groups excluding carboxylic acids is 2. The van der Waals surface area contributed by atoms with Crippen molar-refractivity contribution in [2.45, 2.75) is 36.3 Å². The number of anilines is 2. The van der Waals surface area contributed by atoms with Crippen molar-refractivity contribution in [3.05, 3.63) is 112 Å². The highest BCUT2D eigenvalue weighted by Gasteiger charge is 2.28. The van der Waals surface area contributed by atoms with Gasteiger partial charge in [-0.15, -0.1) is 23.1 Å². The number of nitrogens with one attached hydrogen (secondary N) is 2. The van der Waals surface area contributed by atoms with Gasteiger partial charge in [-0.1, -0.05) is 55.5 Å². The molecule has 9 heteroatoms. The van der Waals surface area contributed by atoms with Crippen molar-refractivity contribution in [3.8, 4) is 6.07 Å². The first kappa shape index (κ1) is 28.1. The molecule has 2 amide bonds. The van der Waals surface area contributed by atoms with Gasteiger partial charge in [-0.25, -0.2) is 4.79 Å². The summed E-state index contributed by atoms with van der Waals surface area (Å²) in [5.74, 6) is -1.41. The molecule has 1 aromatic heterocycles. The topological polar surface area (TPSA) is 119 Å². The number of benzene rings is 3. The van der Waals surface area contributed by atoms with Gasteiger partial charge in [-0.05, 0) is 66.6 Å². The molecular formula is C32H27N3O4S2. The minimum Gasteiger partial charge on any atom is -0.478 e. The highest BCUT2D eigenvalue weighted by molar-refractivity contribution is 8.00. The third-order valence-corrected chi connectivity index (χ3v) is 9.37. The molecule has 206 valence electrons. The van der Waals surface area contributed by atoms with E-state index in [0.29, 0.717) is 22.2 Å². The van der Waals surface area contributed by atoms with Crippen LogP contribution < -0.4 is 10.6 Å². The van der Waals surface area contributed by atoms with Gasteiger partial charge >= 0.3 is 5.97 Å². The van der Waals surface area contributed by atoms with Crippen molar-refractivity contribution in [2.75, 3.05) is 10.6 Å². The van der Waals surface area contributed by atoms with Crippen LogP contribution in [0.4, 0.5) is 10.7 Å². The van der Waals surface area contributed by atoms with Gasteiger partial charge in [0.1, 0.15) is 16.3 Å². The van der Waals surface area contributed by atoms with Crippen LogP contribution in [0.5, 0.6) is 0 Å². The molecule has 0 spiro atoms. The molecule has 5 rings (SSSR count). The molecule has 41 heavy (non-hydrogen) atoms. The molecule has 0 aliphatic heterocycles. The number of carbonyl (C=O) groups is 3. The summed E-state index contributed by atoms with van der Waals surface area (Å²) in [7, 11) is 0. The lowest BCUT2D eigenvalue weighted by Crippen LogP contribution is -2.19. The molecule has 7 nitrogen and oxygen atoms in total. The van der Waals surface area contributed by atoms with Crippen LogP contribution in [-0.4, -0.2) is 22.9 Å². The molecule has 0 bridgehead atoms. The molecule has 2 atom stereocenters. The molecule has 1 aliphatic carbocycles. The van der Waals surface area contributed by atoms with Crippen molar-refractivity contribution in [3.63, 3.8) is 0 Å². The number of hydrogen-bond donors (Lipinski definition) is 3. The first-order valence-corrected chi connectivity index (χ1v) is 14.8. The van der Waals surface area contributed by atoms with E-state index in [2.05, 4.69) is 23.6 Å². The molecule has 3 N–H and O–H groups in total. The lowest BCUT2D eigenvalue weighted by molar-refractivity contribution is -0.115. The maximum absolute atomic E-state index is 13.8. The average molecular weight is 582 g/mol. The molecule has 2 unspecified atom stereocenters. The van der Waals surface area contributed by atoms with Crippen LogP contribution in [0.25, 0.3) is 0 Å². The maximum Gasteiger partial charge on any atom is 0.336 e. The van der Waals surface area contributed by atoms with Gasteiger partial charge in [-0.2, -0.15) is 5.26 Å². The van der Waals surface area contributed by atoms with Crippen molar-refractivity contribution in [1.29, 1.82) is 5.26 Å². The Morgan fingerprint density at radius 2 is 1.73 bits per heavy atom. The SMILES string of the molecule is CC1CCc2c(sc(NC(=O)C(Sc3cccc(NC(=O)c4ccccc4C(=O)O)c3)c3ccccc3)c2C#N)C1. The van der Waals surface area contributed by atoms with Crippen LogP contribution in [0.15, 0.2) is 83.8 Å². The minimum absolute atomic E-state index is 0.0564. The van der Waals surface area contributed by atoms with E-state index in [9.17, 15) is 24.8 Å². The Labute approximate surface area is 246 Å². The van der Waals surface area contributed by atoms with Crippen LogP contribution in [0.1, 0.15) is 60.9 Å². The summed E-state index contributed by atoms with van der Waals surface area (Å²) < 4.78 is 0. The monoisotopic (exact) mass is 581 g/mol. The Balaban J connectivity index is 1.39. The number of nitrogens with zero attached hydrogens (tertiary/aromatic N) is 1. The van der Waals surface area contributed by atoms with Gasteiger partial charge < -0.3 is 15.7 Å². The highest BCUT2D eigenvalue weighted by Crippen LogP contribution is 2.42. The highest BCUT2D eigenvalue weighted by atomic mass is 32.2. The maximum atomic E-state index is 13.8. The fraction of sp³-hybridized carbons (Fsp3) is 0.188. The first-order valence-electron chi connectivity index (χ1n) is 13.1. The standard InChI is InChI=1S/C32H27N3O4S2/c1-19-14-15-23-26(18-33)31(41-27(23)16-19)35-30(37)28(20-8-3-2-4-9-20)40-22-11-7-10-21(17-22)34-29(36)24-12-5-6-13-25(24)32(38)39/h2-13,17,19,28H,14-16H2,1H3,(H,34,36)(H,35,37)(H,38,39). The van der Waals surface area contributed by atoms with Crippen molar-refractivity contribution < 1.29 is 19.5 Å². The third kappa shape index (κ3) is 6.35. The summed E-state index contributed by atoms with van der Waals surface area (Å²) >= 11 is 2.82. The van der Waals surface area contributed by atoms with Gasteiger partial charge in [0.2, 0.25) is 5.91 Å². The molecule has 0 radical (unpaired) electrons. The number of carboxylic acid groups (broad SMARTS) is 1. The summed E-state index contributed by atoms with van der Waals surface area (Å²) in [6, 6.07) is 24.8. The number of rotatable bonds is 8. The number of hydrogen-bond acceptors (Lipinski definition) is 6. The Morgan fingerprint density at radius 1 is 1.00 bits per heavy atom. The second-order valence-electron chi connectivity index (χ2n) is 9.90. The van der Waals surface area contributed by atoms with Gasteiger partial charge in [-0.3, -0.25) is 9.59 Å². The number of nitriles is 1. The van der Waals surface area contributed by atoms with E-state index in [-0.39, 0.29) is 17.0 Å². The van der Waals surface area contributed by atoms with Crippen LogP contribution >= 0.6 is 23.1 Å². The van der Waals surface area contributed by atoms with Crippen LogP contribution in [0.3, 0.4) is 0 Å². The van der Waals surface area contributed by atoms with Crippen molar-refractivity contribution >= 4 is 51.6 Å². The molecule has 3 aromatic carbocycles. The van der Waals surface area contributed by atoms with Gasteiger partial charge in [0.15, 0.2) is 0 Å². The van der Waals surface area contributed by atoms with Crippen LogP contribution in [0, 0.1) is 17.2 Å². The van der Waals surface area contributed by atoms with Crippen molar-refractivity contribution in [2.24, 2.45) is 5.92 Å². The Kier molecular flexibility index (Phi) is 8.53. The van der Waals surface area contributed by atoms with E-state index < -0.39 is 17.1 Å². The molecule has 1 aliphatic rings. The molecule has 0 fully saturated rings. The zero-order valence-electron chi connectivity index (χ0n) is 22.2. The number of aromatic carboxylic acids is 1. The summed E-state index contributed by atoms with van der Waals surface area (Å²) in [6.45, 7) is 2.20. The fourth-order valence-corrected chi connectivity index (χ4v) is 7.33. The Morgan fingerprint density at radius 3 is 2.46 bits per heavy atom. The normalized spacial score (nSPS) is 14.8. The van der Waals surface area contributed by atoms with E-state index in [1.165, 1.54) is 40.1 Å². The first-order chi connectivity index (χ1) is 19.8. The zero-order valence-corrected chi connectivity index (χ0v) is 23.9. The second-order valence-corrected chi connectivity index (χ2v) is 12.2. The molecular weight excluding hydrogens is 555 g/mol. The number of thioether (sulfide) groups is 1. The summed E-state index contributed by atoms with van der Waals surface area (Å²) in [5.41, 5.74) is 2.86. The van der Waals surface area contributed by atoms with E-state index >= 15 is 0 Å². The van der Waals surface area contributed by atoms with Gasteiger partial charge in [0.05, 0.1) is 16.7 Å². The smallest absolute Gasteiger partial charge is 0.336 e. The van der Waals surface area contributed by atoms with Gasteiger partial charge in [0.25, 0.3) is 5.91 Å². The quantitative estimate of drug-likeness (QED) is 0.190. The zero-order chi connectivity index (χ0) is 28.9. The number of fused-ring (bicyclic) bond motifs is 1. The Bertz CT molecular complexity index is 1660. The predicted molar refractivity (Wildman–Crippen MR) is 162 cm³/mol. The Hall–Kier alpha value is -4.39. The average Bonchev–Trinajstić information content (AvgIpc) is 3.32. The predicted octanol–water partition coefficient (Wildman–Crippen LogP) is 7.17. The fourth-order valence-electron chi connectivity index (χ4n) is 4.88. The molecule has 4 aromatic rings. The summed E-state index contributed by atoms with van der Waals surface area (Å²) in [5, 5.41) is 25.1. The van der Waals surface area contributed by atoms with E-state index in [1.54, 1.807) is 30.3 Å². The minimum atomic E-state index is -1.18. The van der Waals surface area contributed by atoms with Crippen molar-refractivity contribution in [1.82, 2.24) is 0 Å². The number of carboxylic acids is 1. The molecule has 0 saturated carbocycles.